The van der Waals surface area contributed by atoms with Crippen LogP contribution in [0.25, 0.3) is 0 Å². The van der Waals surface area contributed by atoms with Crippen molar-refractivity contribution in [3.63, 3.8) is 0 Å². The van der Waals surface area contributed by atoms with Gasteiger partial charge >= 0.3 is 0 Å². The summed E-state index contributed by atoms with van der Waals surface area (Å²) >= 11 is 6.78. The average Bonchev–Trinajstić information content (AvgIpc) is 2.19. The highest BCUT2D eigenvalue weighted by atomic mass is 35.6. The standard InChI is InChI=1S/C13H25ClSi/c1-4-7-9-12-15(14,11-6-3)13-10-8-5-2/h4-5H,1-2,6-13H2,3H3. The van der Waals surface area contributed by atoms with Gasteiger partial charge in [0.15, 0.2) is 7.38 Å². The third-order valence-electron chi connectivity index (χ3n) is 2.76. The quantitative estimate of drug-likeness (QED) is 0.206. The molecule has 0 unspecified atom stereocenters. The molecule has 0 saturated carbocycles. The van der Waals surface area contributed by atoms with Gasteiger partial charge in [-0.1, -0.05) is 38.3 Å². The lowest BCUT2D eigenvalue weighted by atomic mass is 10.3. The van der Waals surface area contributed by atoms with E-state index in [1.165, 1.54) is 37.4 Å². The predicted molar refractivity (Wildman–Crippen MR) is 75.2 cm³/mol. The minimum absolute atomic E-state index is 1.12. The van der Waals surface area contributed by atoms with Gasteiger partial charge in [0.05, 0.1) is 0 Å². The topological polar surface area (TPSA) is 0 Å². The summed E-state index contributed by atoms with van der Waals surface area (Å²) in [4.78, 5) is 0. The maximum absolute atomic E-state index is 6.78. The third-order valence-corrected chi connectivity index (χ3v) is 8.36. The van der Waals surface area contributed by atoms with Crippen molar-refractivity contribution in [2.75, 3.05) is 0 Å². The molecule has 0 aromatic rings. The lowest BCUT2D eigenvalue weighted by Crippen LogP contribution is -2.26. The Morgan fingerprint density at radius 2 is 1.47 bits per heavy atom. The zero-order chi connectivity index (χ0) is 11.6. The normalized spacial score (nSPS) is 11.3. The first-order chi connectivity index (χ1) is 7.18. The zero-order valence-electron chi connectivity index (χ0n) is 10.1. The van der Waals surface area contributed by atoms with Gasteiger partial charge in [-0.3, -0.25) is 0 Å². The second-order valence-corrected chi connectivity index (χ2v) is 10.5. The fourth-order valence-corrected chi connectivity index (χ4v) is 6.64. The van der Waals surface area contributed by atoms with Gasteiger partial charge in [0.2, 0.25) is 0 Å². The maximum atomic E-state index is 6.78. The fraction of sp³-hybridized carbons (Fsp3) is 0.692. The lowest BCUT2D eigenvalue weighted by molar-refractivity contribution is 0.877. The van der Waals surface area contributed by atoms with Crippen LogP contribution in [0.2, 0.25) is 18.1 Å². The van der Waals surface area contributed by atoms with Crippen LogP contribution in [-0.2, 0) is 0 Å². The van der Waals surface area contributed by atoms with E-state index in [4.69, 9.17) is 11.1 Å². The zero-order valence-corrected chi connectivity index (χ0v) is 11.9. The number of halogens is 1. The maximum Gasteiger partial charge on any atom is 0.156 e. The van der Waals surface area contributed by atoms with Crippen molar-refractivity contribution in [1.82, 2.24) is 0 Å². The van der Waals surface area contributed by atoms with Crippen molar-refractivity contribution in [2.45, 2.75) is 57.2 Å². The first-order valence-corrected chi connectivity index (χ1v) is 9.72. The molecule has 88 valence electrons. The molecule has 0 rings (SSSR count). The second kappa shape index (κ2) is 9.23. The van der Waals surface area contributed by atoms with Gasteiger partial charge in [-0.25, -0.2) is 0 Å². The molecule has 0 fully saturated rings. The van der Waals surface area contributed by atoms with Crippen molar-refractivity contribution < 1.29 is 0 Å². The molecule has 0 saturated heterocycles. The SMILES string of the molecule is C=CCCC[Si](Cl)(CCC)CCCC=C. The molecule has 15 heavy (non-hydrogen) atoms. The van der Waals surface area contributed by atoms with Crippen molar-refractivity contribution in [2.24, 2.45) is 0 Å². The molecule has 0 nitrogen and oxygen atoms in total. The summed E-state index contributed by atoms with van der Waals surface area (Å²) in [6.07, 6.45) is 9.93. The van der Waals surface area contributed by atoms with Gasteiger partial charge in [-0.2, -0.15) is 11.1 Å². The summed E-state index contributed by atoms with van der Waals surface area (Å²) in [5.41, 5.74) is 0. The number of hydrogen-bond donors (Lipinski definition) is 0. The first-order valence-electron chi connectivity index (χ1n) is 6.09. The number of hydrogen-bond acceptors (Lipinski definition) is 0. The molecule has 0 aliphatic rings. The Labute approximate surface area is 101 Å². The molecular formula is C13H25ClSi. The molecule has 0 aliphatic carbocycles. The van der Waals surface area contributed by atoms with Crippen LogP contribution in [0, 0.1) is 0 Å². The van der Waals surface area contributed by atoms with Gasteiger partial charge in [0.1, 0.15) is 0 Å². The van der Waals surface area contributed by atoms with Gasteiger partial charge in [0, 0.05) is 0 Å². The molecule has 0 aromatic carbocycles. The van der Waals surface area contributed by atoms with Crippen LogP contribution in [-0.4, -0.2) is 7.38 Å². The Bertz CT molecular complexity index is 163. The lowest BCUT2D eigenvalue weighted by Gasteiger charge is -2.23. The van der Waals surface area contributed by atoms with Gasteiger partial charge < -0.3 is 0 Å². The highest BCUT2D eigenvalue weighted by Crippen LogP contribution is 2.31. The van der Waals surface area contributed by atoms with E-state index in [1.807, 2.05) is 12.2 Å². The number of rotatable bonds is 10. The van der Waals surface area contributed by atoms with Crippen molar-refractivity contribution in [3.05, 3.63) is 25.3 Å². The molecule has 0 aliphatic heterocycles. The molecule has 0 N–H and O–H groups in total. The number of allylic oxidation sites excluding steroid dienone is 2. The van der Waals surface area contributed by atoms with E-state index in [0.717, 1.165) is 12.8 Å². The highest BCUT2D eigenvalue weighted by Gasteiger charge is 2.27. The molecule has 0 radical (unpaired) electrons. The smallest absolute Gasteiger partial charge is 0.156 e. The third kappa shape index (κ3) is 7.86. The minimum Gasteiger partial charge on any atom is -0.167 e. The van der Waals surface area contributed by atoms with Crippen LogP contribution in [0.5, 0.6) is 0 Å². The van der Waals surface area contributed by atoms with E-state index >= 15 is 0 Å². The molecular weight excluding hydrogens is 220 g/mol. The molecule has 0 atom stereocenters. The van der Waals surface area contributed by atoms with Crippen molar-refractivity contribution in [1.29, 1.82) is 0 Å². The Morgan fingerprint density at radius 1 is 1.00 bits per heavy atom. The summed E-state index contributed by atoms with van der Waals surface area (Å²) in [5, 5.41) is 0. The molecule has 0 spiro atoms. The van der Waals surface area contributed by atoms with Crippen molar-refractivity contribution >= 4 is 18.5 Å². The van der Waals surface area contributed by atoms with E-state index in [9.17, 15) is 0 Å². The van der Waals surface area contributed by atoms with E-state index in [0.29, 0.717) is 0 Å². The minimum atomic E-state index is -1.45. The van der Waals surface area contributed by atoms with E-state index in [1.54, 1.807) is 0 Å². The monoisotopic (exact) mass is 244 g/mol. The van der Waals surface area contributed by atoms with Gasteiger partial charge in [-0.05, 0) is 31.0 Å². The van der Waals surface area contributed by atoms with Gasteiger partial charge in [0.25, 0.3) is 0 Å². The molecule has 0 bridgehead atoms. The van der Waals surface area contributed by atoms with Crippen molar-refractivity contribution in [3.8, 4) is 0 Å². The summed E-state index contributed by atoms with van der Waals surface area (Å²) in [6.45, 7) is 9.76. The predicted octanol–water partition coefficient (Wildman–Crippen LogP) is 5.51. The summed E-state index contributed by atoms with van der Waals surface area (Å²) in [7, 11) is -1.45. The summed E-state index contributed by atoms with van der Waals surface area (Å²) in [5.74, 6) is 0. The van der Waals surface area contributed by atoms with Crippen LogP contribution < -0.4 is 0 Å². The van der Waals surface area contributed by atoms with Crippen LogP contribution >= 0.6 is 11.1 Å². The Balaban J connectivity index is 3.92. The number of unbranched alkanes of at least 4 members (excludes halogenated alkanes) is 2. The molecule has 2 heteroatoms. The Hall–Kier alpha value is -0.0131. The summed E-state index contributed by atoms with van der Waals surface area (Å²) < 4.78 is 0. The Kier molecular flexibility index (Phi) is 9.22. The molecule has 0 heterocycles. The molecule has 0 aromatic heterocycles. The fourth-order valence-electron chi connectivity index (χ4n) is 1.95. The highest BCUT2D eigenvalue weighted by molar-refractivity contribution is 7.20. The van der Waals surface area contributed by atoms with Crippen LogP contribution in [0.1, 0.15) is 39.0 Å². The van der Waals surface area contributed by atoms with E-state index < -0.39 is 7.38 Å². The largest absolute Gasteiger partial charge is 0.167 e. The second-order valence-electron chi connectivity index (χ2n) is 4.26. The van der Waals surface area contributed by atoms with E-state index in [2.05, 4.69) is 20.1 Å². The first kappa shape index (κ1) is 15.0. The molecule has 0 amide bonds. The van der Waals surface area contributed by atoms with Crippen LogP contribution in [0.3, 0.4) is 0 Å². The Morgan fingerprint density at radius 3 is 1.80 bits per heavy atom. The summed E-state index contributed by atoms with van der Waals surface area (Å²) in [6, 6.07) is 3.78. The van der Waals surface area contributed by atoms with E-state index in [-0.39, 0.29) is 0 Å². The van der Waals surface area contributed by atoms with Crippen LogP contribution in [0.4, 0.5) is 0 Å². The van der Waals surface area contributed by atoms with Gasteiger partial charge in [-0.15, -0.1) is 13.2 Å². The van der Waals surface area contributed by atoms with Crippen LogP contribution in [0.15, 0.2) is 25.3 Å². The average molecular weight is 245 g/mol.